The van der Waals surface area contributed by atoms with E-state index >= 15 is 0 Å². The normalized spacial score (nSPS) is 27.9. The molecule has 0 aromatic heterocycles. The fourth-order valence-electron chi connectivity index (χ4n) is 5.65. The number of thioether (sulfide) groups is 1. The van der Waals surface area contributed by atoms with Crippen LogP contribution in [0.5, 0.6) is 0 Å². The van der Waals surface area contributed by atoms with Gasteiger partial charge in [-0.25, -0.2) is 0 Å². The van der Waals surface area contributed by atoms with Crippen LogP contribution in [0.2, 0.25) is 5.02 Å². The van der Waals surface area contributed by atoms with Gasteiger partial charge in [0.15, 0.2) is 0 Å². The Kier molecular flexibility index (Phi) is 5.75. The highest BCUT2D eigenvalue weighted by atomic mass is 35.5. The lowest BCUT2D eigenvalue weighted by Crippen LogP contribution is -2.53. The summed E-state index contributed by atoms with van der Waals surface area (Å²) in [5.41, 5.74) is 1.93. The van der Waals surface area contributed by atoms with Gasteiger partial charge in [-0.05, 0) is 49.0 Å². The number of nitrogens with zero attached hydrogens (tertiary/aromatic N) is 1. The van der Waals surface area contributed by atoms with Gasteiger partial charge < -0.3 is 5.32 Å². The fourth-order valence-corrected chi connectivity index (χ4v) is 6.30. The fraction of sp³-hybridized carbons (Fsp3) is 0.400. The Morgan fingerprint density at radius 2 is 1.85 bits per heavy atom. The van der Waals surface area contributed by atoms with Gasteiger partial charge >= 0.3 is 0 Å². The van der Waals surface area contributed by atoms with Crippen molar-refractivity contribution < 1.29 is 14.4 Å². The van der Waals surface area contributed by atoms with E-state index in [0.717, 1.165) is 16.9 Å². The van der Waals surface area contributed by atoms with E-state index in [-0.39, 0.29) is 23.8 Å². The molecular weight excluding hydrogens is 458 g/mol. The van der Waals surface area contributed by atoms with Crippen molar-refractivity contribution in [3.05, 3.63) is 64.2 Å². The van der Waals surface area contributed by atoms with Crippen LogP contribution < -0.4 is 10.6 Å². The summed E-state index contributed by atoms with van der Waals surface area (Å²) in [5, 5.41) is 6.99. The molecule has 0 bridgehead atoms. The van der Waals surface area contributed by atoms with Gasteiger partial charge in [0.2, 0.25) is 17.7 Å². The first-order valence-electron chi connectivity index (χ1n) is 11.2. The van der Waals surface area contributed by atoms with Crippen molar-refractivity contribution in [2.75, 3.05) is 23.9 Å². The summed E-state index contributed by atoms with van der Waals surface area (Å²) in [6, 6.07) is 13.1. The van der Waals surface area contributed by atoms with E-state index in [2.05, 4.69) is 10.6 Å². The highest BCUT2D eigenvalue weighted by Crippen LogP contribution is 2.54. The molecular formula is C25H26ClN3O3S. The lowest BCUT2D eigenvalue weighted by atomic mass is 9.76. The summed E-state index contributed by atoms with van der Waals surface area (Å²) < 4.78 is 0. The van der Waals surface area contributed by atoms with Crippen molar-refractivity contribution in [1.82, 2.24) is 10.2 Å². The Morgan fingerprint density at radius 1 is 1.09 bits per heavy atom. The van der Waals surface area contributed by atoms with Crippen molar-refractivity contribution in [2.45, 2.75) is 31.3 Å². The minimum Gasteiger partial charge on any atom is -0.324 e. The molecule has 2 N–H and O–H groups in total. The van der Waals surface area contributed by atoms with E-state index in [9.17, 15) is 14.4 Å². The molecule has 0 saturated carbocycles. The molecule has 3 aliphatic rings. The lowest BCUT2D eigenvalue weighted by molar-refractivity contribution is -0.142. The Bertz CT molecular complexity index is 1140. The van der Waals surface area contributed by atoms with E-state index < -0.39 is 17.4 Å². The first-order valence-corrected chi connectivity index (χ1v) is 12.9. The number of hydrogen-bond acceptors (Lipinski definition) is 5. The van der Waals surface area contributed by atoms with Crippen molar-refractivity contribution in [1.29, 1.82) is 0 Å². The van der Waals surface area contributed by atoms with Gasteiger partial charge in [-0.1, -0.05) is 48.0 Å². The molecule has 0 unspecified atom stereocenters. The molecule has 172 valence electrons. The number of rotatable bonds is 6. The van der Waals surface area contributed by atoms with Crippen molar-refractivity contribution >= 4 is 46.8 Å². The third-order valence-electron chi connectivity index (χ3n) is 7.28. The zero-order valence-corrected chi connectivity index (χ0v) is 20.1. The molecule has 4 atom stereocenters. The van der Waals surface area contributed by atoms with Crippen molar-refractivity contribution in [3.8, 4) is 0 Å². The second kappa shape index (κ2) is 8.46. The van der Waals surface area contributed by atoms with E-state index in [1.807, 2.05) is 49.6 Å². The second-order valence-electron chi connectivity index (χ2n) is 8.96. The largest absolute Gasteiger partial charge is 0.324 e. The van der Waals surface area contributed by atoms with Gasteiger partial charge in [0.05, 0.1) is 17.5 Å². The maximum absolute atomic E-state index is 13.8. The number of halogens is 1. The zero-order chi connectivity index (χ0) is 23.3. The van der Waals surface area contributed by atoms with Crippen LogP contribution in [-0.2, 0) is 26.3 Å². The number of nitrogens with one attached hydrogen (secondary N) is 2. The number of anilines is 1. The Labute approximate surface area is 202 Å². The Balaban J connectivity index is 1.54. The number of benzene rings is 2. The third kappa shape index (κ3) is 3.32. The third-order valence-corrected chi connectivity index (χ3v) is 8.33. The quantitative estimate of drug-likeness (QED) is 0.616. The number of amides is 3. The maximum Gasteiger partial charge on any atom is 0.250 e. The van der Waals surface area contributed by atoms with Crippen molar-refractivity contribution in [3.63, 3.8) is 0 Å². The van der Waals surface area contributed by atoms with E-state index in [1.54, 1.807) is 17.8 Å². The number of imide groups is 1. The van der Waals surface area contributed by atoms with Gasteiger partial charge in [0, 0.05) is 23.2 Å². The number of likely N-dealkylation sites (tertiary alicyclic amines) is 1. The number of carbonyl (C=O) groups excluding carboxylic acids is 3. The molecule has 3 aliphatic heterocycles. The second-order valence-corrected chi connectivity index (χ2v) is 10.3. The Hall–Kier alpha value is -2.35. The Morgan fingerprint density at radius 3 is 2.58 bits per heavy atom. The van der Waals surface area contributed by atoms with Crippen LogP contribution in [-0.4, -0.2) is 47.2 Å². The van der Waals surface area contributed by atoms with Gasteiger partial charge in [-0.3, -0.25) is 24.6 Å². The van der Waals surface area contributed by atoms with E-state index in [1.165, 1.54) is 4.90 Å². The van der Waals surface area contributed by atoms with Crippen LogP contribution in [0.1, 0.15) is 23.1 Å². The molecule has 5 rings (SSSR count). The van der Waals surface area contributed by atoms with E-state index in [0.29, 0.717) is 35.7 Å². The van der Waals surface area contributed by atoms with Crippen LogP contribution in [0.15, 0.2) is 42.5 Å². The van der Waals surface area contributed by atoms with Crippen LogP contribution >= 0.6 is 23.4 Å². The summed E-state index contributed by atoms with van der Waals surface area (Å²) in [7, 11) is 0. The number of carbonyl (C=O) groups is 3. The van der Waals surface area contributed by atoms with Crippen LogP contribution in [0.3, 0.4) is 0 Å². The molecule has 2 fully saturated rings. The predicted molar refractivity (Wildman–Crippen MR) is 130 cm³/mol. The summed E-state index contributed by atoms with van der Waals surface area (Å²) in [5.74, 6) is -1.23. The molecule has 1 spiro atoms. The topological polar surface area (TPSA) is 78.5 Å². The summed E-state index contributed by atoms with van der Waals surface area (Å²) in [6.45, 7) is 2.17. The van der Waals surface area contributed by atoms with E-state index in [4.69, 9.17) is 11.6 Å². The SMILES string of the molecule is CSCC[C@H]1N[C@@]2(C(=O)Nc3c2ccc(Cl)c3C)[C@@H]2C(=O)N(CCc3ccccc3)C(=O)[C@@H]21. The van der Waals surface area contributed by atoms with Crippen LogP contribution in [0, 0.1) is 18.8 Å². The maximum atomic E-state index is 13.8. The summed E-state index contributed by atoms with van der Waals surface area (Å²) in [6.07, 6.45) is 3.30. The van der Waals surface area contributed by atoms with Crippen LogP contribution in [0.4, 0.5) is 5.69 Å². The van der Waals surface area contributed by atoms with Crippen LogP contribution in [0.25, 0.3) is 0 Å². The van der Waals surface area contributed by atoms with Gasteiger partial charge in [0.25, 0.3) is 0 Å². The number of fused-ring (bicyclic) bond motifs is 4. The average Bonchev–Trinajstić information content (AvgIpc) is 3.39. The van der Waals surface area contributed by atoms with Crippen molar-refractivity contribution in [2.24, 2.45) is 11.8 Å². The molecule has 6 nitrogen and oxygen atoms in total. The summed E-state index contributed by atoms with van der Waals surface area (Å²) >= 11 is 8.00. The molecule has 8 heteroatoms. The highest BCUT2D eigenvalue weighted by Gasteiger charge is 2.70. The molecule has 0 aliphatic carbocycles. The average molecular weight is 484 g/mol. The minimum atomic E-state index is -1.26. The molecule has 3 amide bonds. The molecule has 0 radical (unpaired) electrons. The van der Waals surface area contributed by atoms with Gasteiger partial charge in [0.1, 0.15) is 5.54 Å². The summed E-state index contributed by atoms with van der Waals surface area (Å²) in [4.78, 5) is 42.2. The molecule has 3 heterocycles. The molecule has 2 aromatic carbocycles. The molecule has 2 saturated heterocycles. The highest BCUT2D eigenvalue weighted by molar-refractivity contribution is 7.98. The first-order chi connectivity index (χ1) is 15.9. The minimum absolute atomic E-state index is 0.177. The first kappa shape index (κ1) is 22.4. The molecule has 33 heavy (non-hydrogen) atoms. The monoisotopic (exact) mass is 483 g/mol. The smallest absolute Gasteiger partial charge is 0.250 e. The molecule has 2 aromatic rings. The number of hydrogen-bond donors (Lipinski definition) is 2. The lowest BCUT2D eigenvalue weighted by Gasteiger charge is -2.29. The van der Waals surface area contributed by atoms with Gasteiger partial charge in [-0.2, -0.15) is 11.8 Å². The predicted octanol–water partition coefficient (Wildman–Crippen LogP) is 3.36. The van der Waals surface area contributed by atoms with Gasteiger partial charge in [-0.15, -0.1) is 0 Å². The standard InChI is InChI=1S/C25H26ClN3O3S/c1-14-17(26)9-8-16-21(14)27-24(32)25(16)20-19(18(28-25)11-13-33-2)22(30)29(23(20)31)12-10-15-6-4-3-5-7-15/h3-9,18-20,28H,10-13H2,1-2H3,(H,27,32)/t18-,19-,20+,25-/m1/s1. The zero-order valence-electron chi connectivity index (χ0n) is 18.6.